The van der Waals surface area contributed by atoms with Gasteiger partial charge in [0.15, 0.2) is 0 Å². The number of carbonyl (C=O) groups is 1. The number of hydrogen-bond donors (Lipinski definition) is 2. The Hall–Kier alpha value is -2.77. The monoisotopic (exact) mass is 443 g/mol. The lowest BCUT2D eigenvalue weighted by atomic mass is 10.0. The quantitative estimate of drug-likeness (QED) is 0.600. The van der Waals surface area contributed by atoms with Crippen molar-refractivity contribution in [2.45, 2.75) is 39.3 Å². The van der Waals surface area contributed by atoms with Crippen LogP contribution >= 0.6 is 11.6 Å². The Kier molecular flexibility index (Phi) is 6.34. The first-order chi connectivity index (χ1) is 15.0. The minimum absolute atomic E-state index is 0.103. The molecule has 1 aliphatic rings. The lowest BCUT2D eigenvalue weighted by Crippen LogP contribution is -2.39. The average molecular weight is 444 g/mol. The molecule has 1 saturated heterocycles. The van der Waals surface area contributed by atoms with Crippen LogP contribution in [0.5, 0.6) is 0 Å². The largest absolute Gasteiger partial charge is 0.464 e. The van der Waals surface area contributed by atoms with Crippen molar-refractivity contribution in [1.82, 2.24) is 10.3 Å². The number of carbonyl (C=O) groups excluding carboxylic acids is 1. The van der Waals surface area contributed by atoms with E-state index in [2.05, 4.69) is 22.1 Å². The number of nitrogens with zero attached hydrogens (tertiary/aromatic N) is 1. The average Bonchev–Trinajstić information content (AvgIpc) is 3.22. The van der Waals surface area contributed by atoms with Gasteiger partial charge >= 0.3 is 0 Å². The summed E-state index contributed by atoms with van der Waals surface area (Å²) in [6.45, 7) is 6.15. The molecule has 0 unspecified atom stereocenters. The van der Waals surface area contributed by atoms with Crippen LogP contribution in [0.4, 0.5) is 5.69 Å². The number of amides is 1. The highest BCUT2D eigenvalue weighted by Gasteiger charge is 2.27. The van der Waals surface area contributed by atoms with Crippen LogP contribution in [0.2, 0.25) is 5.02 Å². The summed E-state index contributed by atoms with van der Waals surface area (Å²) in [5.41, 5.74) is 2.76. The number of H-pyrrole nitrogens is 1. The molecule has 1 aliphatic heterocycles. The van der Waals surface area contributed by atoms with Crippen LogP contribution in [-0.2, 0) is 11.3 Å². The molecule has 3 aromatic rings. The molecule has 4 rings (SSSR count). The van der Waals surface area contributed by atoms with Gasteiger partial charge in [-0.05, 0) is 38.8 Å². The third-order valence-corrected chi connectivity index (χ3v) is 6.14. The van der Waals surface area contributed by atoms with E-state index in [-0.39, 0.29) is 24.1 Å². The maximum Gasteiger partial charge on any atom is 0.253 e. The molecule has 8 heteroatoms. The van der Waals surface area contributed by atoms with E-state index in [1.54, 1.807) is 24.5 Å². The number of ether oxygens (including phenoxy) is 1. The number of furan rings is 1. The second-order valence-electron chi connectivity index (χ2n) is 7.73. The molecule has 0 radical (unpaired) electrons. The lowest BCUT2D eigenvalue weighted by molar-refractivity contribution is 0.0846. The topological polar surface area (TPSA) is 87.6 Å². The van der Waals surface area contributed by atoms with Crippen LogP contribution in [0.25, 0.3) is 11.0 Å². The number of nitrogens with one attached hydrogen (secondary N) is 2. The number of hydrogen-bond acceptors (Lipinski definition) is 5. The fourth-order valence-corrected chi connectivity index (χ4v) is 4.48. The van der Waals surface area contributed by atoms with Crippen LogP contribution in [0, 0.1) is 6.92 Å². The number of anilines is 1. The first-order valence-corrected chi connectivity index (χ1v) is 10.9. The van der Waals surface area contributed by atoms with Crippen molar-refractivity contribution in [3.05, 3.63) is 62.7 Å². The maximum absolute atomic E-state index is 13.2. The van der Waals surface area contributed by atoms with Gasteiger partial charge in [-0.2, -0.15) is 0 Å². The van der Waals surface area contributed by atoms with E-state index < -0.39 is 0 Å². The number of aromatic nitrogens is 1. The molecular weight excluding hydrogens is 418 g/mol. The smallest absolute Gasteiger partial charge is 0.253 e. The van der Waals surface area contributed by atoms with Crippen LogP contribution < -0.4 is 15.8 Å². The summed E-state index contributed by atoms with van der Waals surface area (Å²) in [4.78, 5) is 30.3. The fourth-order valence-electron chi connectivity index (χ4n) is 4.13. The summed E-state index contributed by atoms with van der Waals surface area (Å²) in [5.74, 6) is -0.346. The molecule has 0 saturated carbocycles. The highest BCUT2D eigenvalue weighted by atomic mass is 35.5. The number of halogens is 1. The van der Waals surface area contributed by atoms with Crippen LogP contribution in [-0.4, -0.2) is 36.7 Å². The standard InChI is InChI=1S/C23H26ClN3O4/c1-3-27(16-6-9-30-10-7-16)18-12-19-17(8-11-31-19)20(21(18)24)23(29)25-13-15-5-4-14(2)26-22(15)28/h4-5,8,11-12,16H,3,6-7,9-10,13H2,1-2H3,(H,25,29)(H,26,28). The number of fused-ring (bicyclic) bond motifs is 1. The van der Waals surface area contributed by atoms with Gasteiger partial charge in [-0.1, -0.05) is 17.7 Å². The summed E-state index contributed by atoms with van der Waals surface area (Å²) >= 11 is 6.82. The Morgan fingerprint density at radius 2 is 2.06 bits per heavy atom. The van der Waals surface area contributed by atoms with Crippen molar-refractivity contribution < 1.29 is 13.9 Å². The normalized spacial score (nSPS) is 14.7. The molecule has 164 valence electrons. The molecule has 0 bridgehead atoms. The van der Waals surface area contributed by atoms with Crippen molar-refractivity contribution in [3.8, 4) is 0 Å². The van der Waals surface area contributed by atoms with Gasteiger partial charge in [-0.3, -0.25) is 9.59 Å². The fraction of sp³-hybridized carbons (Fsp3) is 0.391. The third kappa shape index (κ3) is 4.34. The van der Waals surface area contributed by atoms with E-state index in [1.807, 2.05) is 13.0 Å². The molecule has 7 nitrogen and oxygen atoms in total. The van der Waals surface area contributed by atoms with Gasteiger partial charge in [0.25, 0.3) is 11.5 Å². The number of aryl methyl sites for hydroxylation is 1. The van der Waals surface area contributed by atoms with Gasteiger partial charge in [0.2, 0.25) is 0 Å². The molecule has 1 fully saturated rings. The molecule has 2 N–H and O–H groups in total. The van der Waals surface area contributed by atoms with Crippen molar-refractivity contribution in [3.63, 3.8) is 0 Å². The molecular formula is C23H26ClN3O4. The van der Waals surface area contributed by atoms with E-state index in [1.165, 1.54) is 0 Å². The SMILES string of the molecule is CCN(c1cc2occc2c(C(=O)NCc2ccc(C)[nH]c2=O)c1Cl)C1CCOCC1. The molecule has 2 aromatic heterocycles. The summed E-state index contributed by atoms with van der Waals surface area (Å²) in [5, 5.41) is 3.87. The Morgan fingerprint density at radius 3 is 2.77 bits per heavy atom. The minimum Gasteiger partial charge on any atom is -0.464 e. The van der Waals surface area contributed by atoms with Crippen molar-refractivity contribution in [2.24, 2.45) is 0 Å². The first kappa shape index (κ1) is 21.5. The minimum atomic E-state index is -0.346. The summed E-state index contributed by atoms with van der Waals surface area (Å²) in [7, 11) is 0. The van der Waals surface area contributed by atoms with Gasteiger partial charge in [-0.15, -0.1) is 0 Å². The molecule has 0 aliphatic carbocycles. The van der Waals surface area contributed by atoms with Crippen LogP contribution in [0.1, 0.15) is 41.4 Å². The Bertz CT molecular complexity index is 1150. The second-order valence-corrected chi connectivity index (χ2v) is 8.10. The second kappa shape index (κ2) is 9.16. The molecule has 0 atom stereocenters. The Balaban J connectivity index is 1.67. The van der Waals surface area contributed by atoms with E-state index in [0.29, 0.717) is 40.3 Å². The van der Waals surface area contributed by atoms with Crippen molar-refractivity contribution >= 4 is 34.2 Å². The zero-order valence-corrected chi connectivity index (χ0v) is 18.4. The van der Waals surface area contributed by atoms with Gasteiger partial charge in [-0.25, -0.2) is 0 Å². The van der Waals surface area contributed by atoms with Crippen molar-refractivity contribution in [1.29, 1.82) is 0 Å². The Morgan fingerprint density at radius 1 is 1.29 bits per heavy atom. The van der Waals surface area contributed by atoms with E-state index in [4.69, 9.17) is 20.8 Å². The third-order valence-electron chi connectivity index (χ3n) is 5.76. The van der Waals surface area contributed by atoms with Crippen molar-refractivity contribution in [2.75, 3.05) is 24.7 Å². The molecule has 1 aromatic carbocycles. The van der Waals surface area contributed by atoms with Gasteiger partial charge < -0.3 is 24.4 Å². The van der Waals surface area contributed by atoms with Gasteiger partial charge in [0.05, 0.1) is 22.5 Å². The lowest BCUT2D eigenvalue weighted by Gasteiger charge is -2.36. The number of aromatic amines is 1. The molecule has 31 heavy (non-hydrogen) atoms. The van der Waals surface area contributed by atoms with E-state index in [9.17, 15) is 9.59 Å². The van der Waals surface area contributed by atoms with E-state index in [0.717, 1.165) is 30.8 Å². The molecule has 0 spiro atoms. The number of benzene rings is 1. The van der Waals surface area contributed by atoms with Gasteiger partial charge in [0, 0.05) is 55.1 Å². The van der Waals surface area contributed by atoms with Crippen LogP contribution in [0.3, 0.4) is 0 Å². The predicted octanol–water partition coefficient (Wildman–Crippen LogP) is 4.02. The molecule has 3 heterocycles. The van der Waals surface area contributed by atoms with E-state index >= 15 is 0 Å². The summed E-state index contributed by atoms with van der Waals surface area (Å²) in [6.07, 6.45) is 3.35. The summed E-state index contributed by atoms with van der Waals surface area (Å²) < 4.78 is 11.1. The zero-order chi connectivity index (χ0) is 22.0. The van der Waals surface area contributed by atoms with Gasteiger partial charge in [0.1, 0.15) is 5.58 Å². The highest BCUT2D eigenvalue weighted by Crippen LogP contribution is 2.38. The number of rotatable bonds is 6. The maximum atomic E-state index is 13.2. The summed E-state index contributed by atoms with van der Waals surface area (Å²) in [6, 6.07) is 7.44. The molecule has 1 amide bonds. The van der Waals surface area contributed by atoms with Crippen LogP contribution in [0.15, 0.2) is 39.7 Å². The number of pyridine rings is 1. The zero-order valence-electron chi connectivity index (χ0n) is 17.7. The highest BCUT2D eigenvalue weighted by molar-refractivity contribution is 6.38. The predicted molar refractivity (Wildman–Crippen MR) is 121 cm³/mol. The Labute approximate surface area is 185 Å². The first-order valence-electron chi connectivity index (χ1n) is 10.5.